The van der Waals surface area contributed by atoms with Crippen molar-refractivity contribution in [2.45, 2.75) is 0 Å². The van der Waals surface area contributed by atoms with Gasteiger partial charge in [0.15, 0.2) is 0 Å². The number of rotatable bonds is 3. The molecule has 2 aromatic heterocycles. The summed E-state index contributed by atoms with van der Waals surface area (Å²) in [6.07, 6.45) is 4.77. The number of phenols is 1. The van der Waals surface area contributed by atoms with Gasteiger partial charge in [-0.1, -0.05) is 24.3 Å². The minimum atomic E-state index is -0.990. The number of benzene rings is 1. The molecule has 0 amide bonds. The molecule has 0 fully saturated rings. The molecule has 0 spiro atoms. The Balaban J connectivity index is 0.000000487. The topological polar surface area (TPSA) is 127 Å². The Morgan fingerprint density at radius 1 is 0.963 bits per heavy atom. The third-order valence-corrected chi connectivity index (χ3v) is 2.79. The summed E-state index contributed by atoms with van der Waals surface area (Å²) in [6.45, 7) is 0. The molecule has 0 saturated heterocycles. The molecule has 0 aliphatic carbocycles. The summed E-state index contributed by atoms with van der Waals surface area (Å²) in [5.41, 5.74) is 1.39. The molecule has 0 atom stereocenters. The van der Waals surface area contributed by atoms with Crippen LogP contribution in [0.25, 0.3) is 0 Å². The quantitative estimate of drug-likeness (QED) is 0.444. The van der Waals surface area contributed by atoms with Crippen molar-refractivity contribution < 1.29 is 37.8 Å². The zero-order valence-electron chi connectivity index (χ0n) is 13.9. The summed E-state index contributed by atoms with van der Waals surface area (Å²) in [5.74, 6) is -0.819. The van der Waals surface area contributed by atoms with Crippen LogP contribution >= 0.6 is 9.69 Å². The molecule has 0 saturated carbocycles. The van der Waals surface area contributed by atoms with Crippen LogP contribution in [0.4, 0.5) is 5.69 Å². The minimum absolute atomic E-state index is 0. The normalized spacial score (nSPS) is 9.11. The second-order valence-corrected chi connectivity index (χ2v) is 4.52. The van der Waals surface area contributed by atoms with E-state index in [0.29, 0.717) is 5.69 Å². The molecule has 9 heteroatoms. The molecule has 0 bridgehead atoms. The Morgan fingerprint density at radius 3 is 2.04 bits per heavy atom. The number of hydrogen-bond donors (Lipinski definition) is 2. The predicted molar refractivity (Wildman–Crippen MR) is 100 cm³/mol. The third-order valence-electron chi connectivity index (χ3n) is 2.79. The molecule has 1 aromatic carbocycles. The molecule has 3 aromatic rings. The van der Waals surface area contributed by atoms with E-state index in [-0.39, 0.29) is 16.9 Å². The van der Waals surface area contributed by atoms with Gasteiger partial charge in [0.1, 0.15) is 17.1 Å². The van der Waals surface area contributed by atoms with Crippen LogP contribution in [0.3, 0.4) is 0 Å². The van der Waals surface area contributed by atoms with Gasteiger partial charge in [-0.2, -0.15) is 0 Å². The zero-order chi connectivity index (χ0) is 19.2. The van der Waals surface area contributed by atoms with Gasteiger partial charge < -0.3 is 15.7 Å². The first-order chi connectivity index (χ1) is 12.7. The van der Waals surface area contributed by atoms with Crippen LogP contribution in [0.5, 0.6) is 5.75 Å². The zero-order valence-corrected chi connectivity index (χ0v) is 16.4. The van der Waals surface area contributed by atoms with E-state index in [1.54, 1.807) is 42.7 Å². The van der Waals surface area contributed by atoms with E-state index in [9.17, 15) is 9.90 Å². The fourth-order valence-electron chi connectivity index (χ4n) is 1.65. The van der Waals surface area contributed by atoms with E-state index >= 15 is 0 Å². The Bertz CT molecular complexity index is 821. The standard InChI is InChI=1S/C12H10N2O.C6H5NO2.ClH.H2O.Ru/c15-12-7-2-1-6-11(12)14-9-10-5-3-4-8-13-10;8-6(9)5-3-1-2-4-7-5;;;/h1-9,15H;1-4H,(H,8,9);1H;1H2;/q;;;;+1/p-1. The summed E-state index contributed by atoms with van der Waals surface area (Å²) in [5, 5.41) is 17.8. The molecule has 4 N–H and O–H groups in total. The van der Waals surface area contributed by atoms with Gasteiger partial charge in [-0.15, -0.1) is 0 Å². The van der Waals surface area contributed by atoms with E-state index in [1.165, 1.54) is 12.3 Å². The molecule has 2 heterocycles. The van der Waals surface area contributed by atoms with Crippen molar-refractivity contribution in [3.05, 3.63) is 84.4 Å². The third kappa shape index (κ3) is 9.56. The molecule has 0 radical (unpaired) electrons. The number of aliphatic imine (C=N–C) groups is 1. The van der Waals surface area contributed by atoms with Crippen LogP contribution in [0.2, 0.25) is 0 Å². The van der Waals surface area contributed by atoms with Crippen LogP contribution in [-0.4, -0.2) is 37.8 Å². The van der Waals surface area contributed by atoms with E-state index in [2.05, 4.69) is 24.7 Å². The van der Waals surface area contributed by atoms with Crippen LogP contribution in [0.1, 0.15) is 16.2 Å². The Hall–Kier alpha value is -2.67. The number of aromatic hydroxyl groups is 1. The number of carboxylic acids is 1. The van der Waals surface area contributed by atoms with Crippen molar-refractivity contribution >= 4 is 27.6 Å². The number of aromatic carboxylic acids is 1. The summed E-state index contributed by atoms with van der Waals surface area (Å²) in [4.78, 5) is 21.9. The van der Waals surface area contributed by atoms with Gasteiger partial charge in [-0.05, 0) is 36.4 Å². The van der Waals surface area contributed by atoms with Gasteiger partial charge in [0, 0.05) is 12.4 Å². The Kier molecular flexibility index (Phi) is 13.1. The van der Waals surface area contributed by atoms with E-state index in [1.807, 2.05) is 41.6 Å². The van der Waals surface area contributed by atoms with Crippen molar-refractivity contribution in [1.29, 1.82) is 0 Å². The van der Waals surface area contributed by atoms with Crippen LogP contribution < -0.4 is 0 Å². The Morgan fingerprint density at radius 2 is 1.56 bits per heavy atom. The van der Waals surface area contributed by atoms with Gasteiger partial charge in [0.2, 0.25) is 0 Å². The molecule has 7 nitrogen and oxygen atoms in total. The van der Waals surface area contributed by atoms with Gasteiger partial charge in [-0.25, -0.2) is 9.78 Å². The average molecular weight is 476 g/mol. The number of carboxylic acid groups (broad SMARTS) is 1. The number of pyridine rings is 2. The summed E-state index contributed by atoms with van der Waals surface area (Å²) in [6, 6.07) is 17.3. The number of para-hydroxylation sites is 2. The predicted octanol–water partition coefficient (Wildman–Crippen LogP) is 3.18. The average Bonchev–Trinajstić information content (AvgIpc) is 2.71. The van der Waals surface area contributed by atoms with Crippen molar-refractivity contribution in [2.75, 3.05) is 0 Å². The first-order valence-electron chi connectivity index (χ1n) is 7.17. The SMILES string of the molecule is O.O=C(O)c1ccccn1.Oc1ccccc1N=Cc1ccccn1.[Cl][Ru]. The fourth-order valence-corrected chi connectivity index (χ4v) is 1.65. The first kappa shape index (κ1) is 24.3. The molecule has 27 heavy (non-hydrogen) atoms. The second kappa shape index (κ2) is 14.5. The van der Waals surface area contributed by atoms with Crippen LogP contribution in [0.15, 0.2) is 78.0 Å². The van der Waals surface area contributed by atoms with Crippen molar-refractivity contribution in [2.24, 2.45) is 4.99 Å². The second-order valence-electron chi connectivity index (χ2n) is 4.52. The van der Waals surface area contributed by atoms with Crippen molar-refractivity contribution in [3.63, 3.8) is 0 Å². The molecular weight excluding hydrogens is 459 g/mol. The van der Waals surface area contributed by atoms with Crippen molar-refractivity contribution in [3.8, 4) is 5.75 Å². The number of carbonyl (C=O) groups is 1. The maximum atomic E-state index is 10.1. The summed E-state index contributed by atoms with van der Waals surface area (Å²) in [7, 11) is 4.57. The first-order valence-corrected chi connectivity index (χ1v) is 9.41. The number of phenolic OH excluding ortho intramolecular Hbond substituents is 1. The van der Waals surface area contributed by atoms with E-state index in [4.69, 9.17) is 5.11 Å². The number of hydrogen-bond acceptors (Lipinski definition) is 5. The van der Waals surface area contributed by atoms with Crippen LogP contribution in [0, 0.1) is 0 Å². The fraction of sp³-hybridized carbons (Fsp3) is 0. The number of aromatic nitrogens is 2. The van der Waals surface area contributed by atoms with E-state index in [0.717, 1.165) is 5.69 Å². The molecule has 0 aliphatic heterocycles. The Labute approximate surface area is 170 Å². The molecule has 143 valence electrons. The van der Waals surface area contributed by atoms with Crippen LogP contribution in [-0.2, 0) is 17.3 Å². The maximum absolute atomic E-state index is 10.1. The molecular formula is C18H17ClN3O4Ru. The van der Waals surface area contributed by atoms with Gasteiger partial charge in [-0.3, -0.25) is 9.98 Å². The molecule has 0 unspecified atom stereocenters. The van der Waals surface area contributed by atoms with Crippen molar-refractivity contribution in [1.82, 2.24) is 9.97 Å². The monoisotopic (exact) mass is 476 g/mol. The molecule has 3 rings (SSSR count). The van der Waals surface area contributed by atoms with Gasteiger partial charge in [0.05, 0.1) is 11.9 Å². The number of nitrogens with zero attached hydrogens (tertiary/aromatic N) is 3. The van der Waals surface area contributed by atoms with Gasteiger partial charge in [0.25, 0.3) is 0 Å². The summed E-state index contributed by atoms with van der Waals surface area (Å²) >= 11 is 1.82. The summed E-state index contributed by atoms with van der Waals surface area (Å²) < 4.78 is 0. The van der Waals surface area contributed by atoms with Gasteiger partial charge >= 0.3 is 33.0 Å². The van der Waals surface area contributed by atoms with E-state index < -0.39 is 5.97 Å². The molecule has 0 aliphatic rings. The number of halogens is 1.